The minimum Gasteiger partial charge on any atom is -0.397 e. The van der Waals surface area contributed by atoms with Gasteiger partial charge in [-0.2, -0.15) is 4.98 Å². The molecule has 5 nitrogen and oxygen atoms in total. The molecule has 2 aromatic rings. The third-order valence-corrected chi connectivity index (χ3v) is 3.15. The standard InChI is InChI=1S/C11H12FIN4O/c1-6-16-11(17-18-6)2-3-15-10-4-7(12)8(13)5-9(10)14/h4-5,15H,2-3,14H2,1H3. The summed E-state index contributed by atoms with van der Waals surface area (Å²) in [5, 5.41) is 6.82. The molecule has 2 rings (SSSR count). The fraction of sp³-hybridized carbons (Fsp3) is 0.273. The van der Waals surface area contributed by atoms with Crippen molar-refractivity contribution in [1.82, 2.24) is 10.1 Å². The molecule has 1 heterocycles. The van der Waals surface area contributed by atoms with Gasteiger partial charge in [0.25, 0.3) is 0 Å². The van der Waals surface area contributed by atoms with Crippen molar-refractivity contribution in [1.29, 1.82) is 0 Å². The number of nitrogens with zero attached hydrogens (tertiary/aromatic N) is 2. The monoisotopic (exact) mass is 362 g/mol. The average molecular weight is 362 g/mol. The number of rotatable bonds is 4. The first-order chi connectivity index (χ1) is 8.56. The highest BCUT2D eigenvalue weighted by atomic mass is 127. The highest BCUT2D eigenvalue weighted by molar-refractivity contribution is 14.1. The van der Waals surface area contributed by atoms with Crippen LogP contribution in [0.4, 0.5) is 15.8 Å². The predicted molar refractivity (Wildman–Crippen MR) is 74.8 cm³/mol. The topological polar surface area (TPSA) is 77.0 Å². The van der Waals surface area contributed by atoms with E-state index >= 15 is 0 Å². The zero-order chi connectivity index (χ0) is 13.1. The van der Waals surface area contributed by atoms with Crippen LogP contribution in [0.5, 0.6) is 0 Å². The summed E-state index contributed by atoms with van der Waals surface area (Å²) in [5.74, 6) is 0.858. The number of halogens is 2. The van der Waals surface area contributed by atoms with Gasteiger partial charge in [-0.25, -0.2) is 4.39 Å². The fourth-order valence-electron chi connectivity index (χ4n) is 1.47. The average Bonchev–Trinajstić information content (AvgIpc) is 2.71. The maximum absolute atomic E-state index is 13.4. The van der Waals surface area contributed by atoms with Crippen LogP contribution in [0.15, 0.2) is 16.7 Å². The van der Waals surface area contributed by atoms with E-state index in [9.17, 15) is 4.39 Å². The predicted octanol–water partition coefficient (Wildman–Crippen LogP) is 2.36. The van der Waals surface area contributed by atoms with Gasteiger partial charge in [0.1, 0.15) is 5.82 Å². The Morgan fingerprint density at radius 2 is 2.28 bits per heavy atom. The first-order valence-electron chi connectivity index (χ1n) is 5.34. The molecule has 0 aliphatic heterocycles. The smallest absolute Gasteiger partial charge is 0.223 e. The second-order valence-electron chi connectivity index (χ2n) is 3.76. The molecule has 7 heteroatoms. The van der Waals surface area contributed by atoms with Crippen molar-refractivity contribution in [3.05, 3.63) is 33.2 Å². The first kappa shape index (κ1) is 13.1. The first-order valence-corrected chi connectivity index (χ1v) is 6.41. The van der Waals surface area contributed by atoms with Crippen LogP contribution in [-0.4, -0.2) is 16.7 Å². The zero-order valence-corrected chi connectivity index (χ0v) is 11.9. The van der Waals surface area contributed by atoms with Crippen molar-refractivity contribution in [2.75, 3.05) is 17.6 Å². The Hall–Kier alpha value is -1.38. The summed E-state index contributed by atoms with van der Waals surface area (Å²) in [4.78, 5) is 4.07. The molecule has 0 bridgehead atoms. The Labute approximate surface area is 117 Å². The van der Waals surface area contributed by atoms with Crippen LogP contribution in [0, 0.1) is 16.3 Å². The molecule has 1 aromatic carbocycles. The summed E-state index contributed by atoms with van der Waals surface area (Å²) in [7, 11) is 0. The van der Waals surface area contributed by atoms with Crippen molar-refractivity contribution in [3.8, 4) is 0 Å². The Bertz CT molecular complexity index is 558. The van der Waals surface area contributed by atoms with E-state index in [1.165, 1.54) is 6.07 Å². The summed E-state index contributed by atoms with van der Waals surface area (Å²) in [6.45, 7) is 2.29. The van der Waals surface area contributed by atoms with Gasteiger partial charge in [-0.1, -0.05) is 5.16 Å². The third kappa shape index (κ3) is 3.09. The number of aromatic nitrogens is 2. The van der Waals surface area contributed by atoms with E-state index in [0.717, 1.165) is 0 Å². The molecular formula is C11H12FIN4O. The SMILES string of the molecule is Cc1nc(CCNc2cc(F)c(I)cc2N)no1. The van der Waals surface area contributed by atoms with Crippen molar-refractivity contribution in [2.24, 2.45) is 0 Å². The molecule has 0 fully saturated rings. The maximum Gasteiger partial charge on any atom is 0.223 e. The van der Waals surface area contributed by atoms with Crippen molar-refractivity contribution in [3.63, 3.8) is 0 Å². The summed E-state index contributed by atoms with van der Waals surface area (Å²) >= 11 is 1.90. The number of hydrogen-bond donors (Lipinski definition) is 2. The maximum atomic E-state index is 13.4. The van der Waals surface area contributed by atoms with E-state index in [4.69, 9.17) is 10.3 Å². The lowest BCUT2D eigenvalue weighted by atomic mass is 10.2. The van der Waals surface area contributed by atoms with Crippen LogP contribution < -0.4 is 11.1 Å². The highest BCUT2D eigenvalue weighted by Gasteiger charge is 2.06. The van der Waals surface area contributed by atoms with Crippen LogP contribution in [0.2, 0.25) is 0 Å². The van der Waals surface area contributed by atoms with Crippen molar-refractivity contribution < 1.29 is 8.91 Å². The van der Waals surface area contributed by atoms with Crippen LogP contribution in [0.25, 0.3) is 0 Å². The molecule has 0 radical (unpaired) electrons. The number of nitrogen functional groups attached to an aromatic ring is 1. The molecule has 0 aliphatic rings. The number of hydrogen-bond acceptors (Lipinski definition) is 5. The van der Waals surface area contributed by atoms with Gasteiger partial charge < -0.3 is 15.6 Å². The van der Waals surface area contributed by atoms with Crippen molar-refractivity contribution >= 4 is 34.0 Å². The molecule has 0 amide bonds. The number of benzene rings is 1. The van der Waals surface area contributed by atoms with Crippen LogP contribution in [-0.2, 0) is 6.42 Å². The third-order valence-electron chi connectivity index (χ3n) is 2.33. The molecule has 96 valence electrons. The molecule has 0 atom stereocenters. The summed E-state index contributed by atoms with van der Waals surface area (Å²) < 4.78 is 18.7. The molecule has 0 unspecified atom stereocenters. The number of nitrogens with one attached hydrogen (secondary N) is 1. The van der Waals surface area contributed by atoms with Crippen LogP contribution in [0.3, 0.4) is 0 Å². The van der Waals surface area contributed by atoms with Gasteiger partial charge >= 0.3 is 0 Å². The Morgan fingerprint density at radius 3 is 2.94 bits per heavy atom. The number of anilines is 2. The van der Waals surface area contributed by atoms with Gasteiger partial charge in [0.15, 0.2) is 5.82 Å². The molecule has 0 aliphatic carbocycles. The molecule has 3 N–H and O–H groups in total. The molecule has 0 saturated heterocycles. The van der Waals surface area contributed by atoms with Gasteiger partial charge in [-0.15, -0.1) is 0 Å². The lowest BCUT2D eigenvalue weighted by molar-refractivity contribution is 0.387. The van der Waals surface area contributed by atoms with E-state index in [1.54, 1.807) is 13.0 Å². The number of aryl methyl sites for hydroxylation is 1. The minimum atomic E-state index is -0.289. The van der Waals surface area contributed by atoms with E-state index in [1.807, 2.05) is 22.6 Å². The Balaban J connectivity index is 1.96. The largest absolute Gasteiger partial charge is 0.397 e. The van der Waals surface area contributed by atoms with E-state index < -0.39 is 0 Å². The second kappa shape index (κ2) is 5.51. The lowest BCUT2D eigenvalue weighted by Crippen LogP contribution is -2.08. The van der Waals surface area contributed by atoms with Gasteiger partial charge in [-0.3, -0.25) is 0 Å². The van der Waals surface area contributed by atoms with Gasteiger partial charge in [0.2, 0.25) is 5.89 Å². The van der Waals surface area contributed by atoms with Crippen LogP contribution in [0.1, 0.15) is 11.7 Å². The van der Waals surface area contributed by atoms with Gasteiger partial charge in [-0.05, 0) is 28.7 Å². The van der Waals surface area contributed by atoms with Crippen molar-refractivity contribution in [2.45, 2.75) is 13.3 Å². The quantitative estimate of drug-likeness (QED) is 0.645. The second-order valence-corrected chi connectivity index (χ2v) is 4.92. The van der Waals surface area contributed by atoms with Gasteiger partial charge in [0, 0.05) is 26.0 Å². The Kier molecular flexibility index (Phi) is 4.00. The molecular weight excluding hydrogens is 350 g/mol. The molecule has 0 spiro atoms. The van der Waals surface area contributed by atoms with E-state index in [2.05, 4.69) is 15.5 Å². The highest BCUT2D eigenvalue weighted by Crippen LogP contribution is 2.23. The van der Waals surface area contributed by atoms with Gasteiger partial charge in [0.05, 0.1) is 14.9 Å². The fourth-order valence-corrected chi connectivity index (χ4v) is 1.96. The number of nitrogens with two attached hydrogens (primary N) is 1. The van der Waals surface area contributed by atoms with E-state index in [0.29, 0.717) is 39.6 Å². The lowest BCUT2D eigenvalue weighted by Gasteiger charge is -2.09. The normalized spacial score (nSPS) is 10.6. The minimum absolute atomic E-state index is 0.289. The summed E-state index contributed by atoms with van der Waals surface area (Å²) in [6, 6.07) is 2.98. The summed E-state index contributed by atoms with van der Waals surface area (Å²) in [5.41, 5.74) is 6.89. The summed E-state index contributed by atoms with van der Waals surface area (Å²) in [6.07, 6.45) is 0.588. The molecule has 1 aromatic heterocycles. The van der Waals surface area contributed by atoms with E-state index in [-0.39, 0.29) is 5.82 Å². The van der Waals surface area contributed by atoms with Crippen LogP contribution >= 0.6 is 22.6 Å². The molecule has 0 saturated carbocycles. The Morgan fingerprint density at radius 1 is 1.50 bits per heavy atom. The molecule has 18 heavy (non-hydrogen) atoms. The zero-order valence-electron chi connectivity index (χ0n) is 9.70.